The van der Waals surface area contributed by atoms with Gasteiger partial charge >= 0.3 is 0 Å². The SMILES string of the molecule is CN=C(NCCCOCC1CCOC1)NCc1ccc2c(c1)OCCCO2.I. The molecule has 0 aromatic heterocycles. The highest BCUT2D eigenvalue weighted by atomic mass is 127. The number of guanidine groups is 1. The lowest BCUT2D eigenvalue weighted by Gasteiger charge is -2.14. The smallest absolute Gasteiger partial charge is 0.191 e. The van der Waals surface area contributed by atoms with Gasteiger partial charge in [0, 0.05) is 45.7 Å². The van der Waals surface area contributed by atoms with Gasteiger partial charge < -0.3 is 29.6 Å². The quantitative estimate of drug-likeness (QED) is 0.245. The predicted molar refractivity (Wildman–Crippen MR) is 120 cm³/mol. The summed E-state index contributed by atoms with van der Waals surface area (Å²) >= 11 is 0. The average Bonchev–Trinajstić information content (AvgIpc) is 3.10. The molecule has 8 heteroatoms. The van der Waals surface area contributed by atoms with Gasteiger partial charge in [0.25, 0.3) is 0 Å². The van der Waals surface area contributed by atoms with Crippen molar-refractivity contribution in [2.75, 3.05) is 53.2 Å². The van der Waals surface area contributed by atoms with Crippen molar-refractivity contribution in [3.05, 3.63) is 23.8 Å². The van der Waals surface area contributed by atoms with E-state index in [-0.39, 0.29) is 24.0 Å². The zero-order valence-corrected chi connectivity index (χ0v) is 18.9. The highest BCUT2D eigenvalue weighted by Crippen LogP contribution is 2.30. The Balaban J connectivity index is 0.00000280. The second kappa shape index (κ2) is 13.1. The zero-order chi connectivity index (χ0) is 18.7. The van der Waals surface area contributed by atoms with E-state index in [9.17, 15) is 0 Å². The molecule has 1 unspecified atom stereocenters. The van der Waals surface area contributed by atoms with Crippen LogP contribution < -0.4 is 20.1 Å². The summed E-state index contributed by atoms with van der Waals surface area (Å²) in [4.78, 5) is 4.27. The van der Waals surface area contributed by atoms with Gasteiger partial charge in [-0.2, -0.15) is 0 Å². The molecule has 0 radical (unpaired) electrons. The van der Waals surface area contributed by atoms with Crippen molar-refractivity contribution in [3.63, 3.8) is 0 Å². The molecule has 3 rings (SSSR count). The third kappa shape index (κ3) is 7.63. The van der Waals surface area contributed by atoms with Crippen molar-refractivity contribution in [1.29, 1.82) is 0 Å². The largest absolute Gasteiger partial charge is 0.490 e. The number of hydrogen-bond acceptors (Lipinski definition) is 5. The number of benzene rings is 1. The lowest BCUT2D eigenvalue weighted by molar-refractivity contribution is 0.0888. The van der Waals surface area contributed by atoms with E-state index in [1.54, 1.807) is 7.05 Å². The molecule has 0 spiro atoms. The van der Waals surface area contributed by atoms with Crippen LogP contribution in [-0.2, 0) is 16.0 Å². The maximum absolute atomic E-state index is 5.74. The van der Waals surface area contributed by atoms with E-state index in [2.05, 4.69) is 15.6 Å². The number of nitrogens with zero attached hydrogens (tertiary/aromatic N) is 1. The molecule has 1 atom stereocenters. The van der Waals surface area contributed by atoms with Crippen molar-refractivity contribution in [2.24, 2.45) is 10.9 Å². The monoisotopic (exact) mass is 505 g/mol. The van der Waals surface area contributed by atoms with Gasteiger partial charge in [0.05, 0.1) is 26.4 Å². The van der Waals surface area contributed by atoms with Gasteiger partial charge in [-0.1, -0.05) is 6.07 Å². The minimum Gasteiger partial charge on any atom is -0.490 e. The van der Waals surface area contributed by atoms with Crippen LogP contribution in [0.5, 0.6) is 11.5 Å². The minimum atomic E-state index is 0. The van der Waals surface area contributed by atoms with Gasteiger partial charge in [-0.15, -0.1) is 24.0 Å². The fraction of sp³-hybridized carbons (Fsp3) is 0.650. The molecule has 1 fully saturated rings. The van der Waals surface area contributed by atoms with Crippen LogP contribution >= 0.6 is 24.0 Å². The van der Waals surface area contributed by atoms with Crippen molar-refractivity contribution < 1.29 is 18.9 Å². The summed E-state index contributed by atoms with van der Waals surface area (Å²) in [6.45, 7) is 6.17. The van der Waals surface area contributed by atoms with Crippen molar-refractivity contribution in [3.8, 4) is 11.5 Å². The number of aliphatic imine (C=N–C) groups is 1. The molecule has 1 saturated heterocycles. The average molecular weight is 505 g/mol. The summed E-state index contributed by atoms with van der Waals surface area (Å²) < 4.78 is 22.5. The Morgan fingerprint density at radius 2 is 2.04 bits per heavy atom. The molecule has 0 aliphatic carbocycles. The molecular formula is C20H32IN3O4. The van der Waals surface area contributed by atoms with E-state index in [0.717, 1.165) is 75.3 Å². The third-order valence-electron chi connectivity index (χ3n) is 4.63. The molecule has 1 aromatic carbocycles. The Bertz CT molecular complexity index is 609. The molecule has 2 aliphatic heterocycles. The second-order valence-electron chi connectivity index (χ2n) is 6.84. The zero-order valence-electron chi connectivity index (χ0n) is 16.6. The topological polar surface area (TPSA) is 73.3 Å². The summed E-state index contributed by atoms with van der Waals surface area (Å²) in [5.41, 5.74) is 1.13. The highest BCUT2D eigenvalue weighted by Gasteiger charge is 2.15. The first kappa shape index (κ1) is 23.0. The Labute approximate surface area is 184 Å². The van der Waals surface area contributed by atoms with Crippen LogP contribution in [0.15, 0.2) is 23.2 Å². The van der Waals surface area contributed by atoms with Gasteiger partial charge in [-0.3, -0.25) is 4.99 Å². The van der Waals surface area contributed by atoms with Gasteiger partial charge in [0.1, 0.15) is 0 Å². The molecule has 28 heavy (non-hydrogen) atoms. The molecule has 0 bridgehead atoms. The molecule has 2 heterocycles. The van der Waals surface area contributed by atoms with E-state index >= 15 is 0 Å². The van der Waals surface area contributed by atoms with Crippen molar-refractivity contribution >= 4 is 29.9 Å². The van der Waals surface area contributed by atoms with Gasteiger partial charge in [0.15, 0.2) is 17.5 Å². The summed E-state index contributed by atoms with van der Waals surface area (Å²) in [6, 6.07) is 6.05. The Morgan fingerprint density at radius 1 is 1.18 bits per heavy atom. The number of ether oxygens (including phenoxy) is 4. The lowest BCUT2D eigenvalue weighted by atomic mass is 10.1. The number of hydrogen-bond donors (Lipinski definition) is 2. The predicted octanol–water partition coefficient (Wildman–Crippen LogP) is 2.57. The summed E-state index contributed by atoms with van der Waals surface area (Å²) in [6.07, 6.45) is 2.98. The van der Waals surface area contributed by atoms with Crippen LogP contribution in [0.4, 0.5) is 0 Å². The van der Waals surface area contributed by atoms with Crippen LogP contribution in [0.1, 0.15) is 24.8 Å². The molecule has 0 amide bonds. The summed E-state index contributed by atoms with van der Waals surface area (Å²) in [5, 5.41) is 6.65. The first-order valence-electron chi connectivity index (χ1n) is 9.83. The minimum absolute atomic E-state index is 0. The second-order valence-corrected chi connectivity index (χ2v) is 6.84. The maximum Gasteiger partial charge on any atom is 0.191 e. The first-order chi connectivity index (χ1) is 13.3. The van der Waals surface area contributed by atoms with Gasteiger partial charge in [-0.05, 0) is 30.5 Å². The van der Waals surface area contributed by atoms with Gasteiger partial charge in [-0.25, -0.2) is 0 Å². The summed E-state index contributed by atoms with van der Waals surface area (Å²) in [7, 11) is 1.78. The molecular weight excluding hydrogens is 473 g/mol. The van der Waals surface area contributed by atoms with Crippen LogP contribution in [-0.4, -0.2) is 59.2 Å². The Kier molecular flexibility index (Phi) is 10.7. The van der Waals surface area contributed by atoms with Crippen molar-refractivity contribution in [2.45, 2.75) is 25.8 Å². The van der Waals surface area contributed by atoms with Crippen LogP contribution in [0, 0.1) is 5.92 Å². The highest BCUT2D eigenvalue weighted by molar-refractivity contribution is 14.0. The molecule has 0 saturated carbocycles. The Morgan fingerprint density at radius 3 is 2.82 bits per heavy atom. The molecule has 2 N–H and O–H groups in total. The number of halogens is 1. The molecule has 7 nitrogen and oxygen atoms in total. The van der Waals surface area contributed by atoms with E-state index in [4.69, 9.17) is 18.9 Å². The Hall–Kier alpha value is -1.26. The van der Waals surface area contributed by atoms with Crippen LogP contribution in [0.25, 0.3) is 0 Å². The van der Waals surface area contributed by atoms with E-state index in [1.165, 1.54) is 0 Å². The number of fused-ring (bicyclic) bond motifs is 1. The fourth-order valence-electron chi connectivity index (χ4n) is 3.07. The van der Waals surface area contributed by atoms with Gasteiger partial charge in [0.2, 0.25) is 0 Å². The van der Waals surface area contributed by atoms with E-state index in [1.807, 2.05) is 18.2 Å². The molecule has 158 valence electrons. The van der Waals surface area contributed by atoms with E-state index in [0.29, 0.717) is 25.7 Å². The molecule has 1 aromatic rings. The van der Waals surface area contributed by atoms with E-state index < -0.39 is 0 Å². The normalized spacial score (nSPS) is 18.9. The summed E-state index contributed by atoms with van der Waals surface area (Å²) in [5.74, 6) is 3.00. The number of nitrogens with one attached hydrogen (secondary N) is 2. The van der Waals surface area contributed by atoms with Crippen LogP contribution in [0.2, 0.25) is 0 Å². The maximum atomic E-state index is 5.74. The standard InChI is InChI=1S/C20H31N3O4.HI/c1-21-20(22-7-2-8-24-14-17-6-11-25-15-17)23-13-16-4-5-18-19(12-16)27-10-3-9-26-18;/h4-5,12,17H,2-3,6-11,13-15H2,1H3,(H2,21,22,23);1H. The number of rotatable bonds is 8. The third-order valence-corrected chi connectivity index (χ3v) is 4.63. The van der Waals surface area contributed by atoms with Crippen molar-refractivity contribution in [1.82, 2.24) is 10.6 Å². The molecule has 2 aliphatic rings. The first-order valence-corrected chi connectivity index (χ1v) is 9.83. The lowest BCUT2D eigenvalue weighted by Crippen LogP contribution is -2.37. The fourth-order valence-corrected chi connectivity index (χ4v) is 3.07. The van der Waals surface area contributed by atoms with Crippen LogP contribution in [0.3, 0.4) is 0 Å².